The van der Waals surface area contributed by atoms with E-state index in [1.165, 1.54) is 6.92 Å². The third kappa shape index (κ3) is 2.63. The summed E-state index contributed by atoms with van der Waals surface area (Å²) >= 11 is 0. The Morgan fingerprint density at radius 2 is 2.00 bits per heavy atom. The highest BCUT2D eigenvalue weighted by Gasteiger charge is 2.23. The third-order valence-corrected chi connectivity index (χ3v) is 2.53. The summed E-state index contributed by atoms with van der Waals surface area (Å²) in [5.41, 5.74) is 0.427. The van der Waals surface area contributed by atoms with Gasteiger partial charge in [-0.25, -0.2) is 0 Å². The molecule has 1 aromatic carbocycles. The first kappa shape index (κ1) is 12.3. The van der Waals surface area contributed by atoms with Crippen molar-refractivity contribution in [2.75, 3.05) is 7.11 Å². The van der Waals surface area contributed by atoms with Crippen molar-refractivity contribution in [1.82, 2.24) is 5.32 Å². The van der Waals surface area contributed by atoms with Crippen LogP contribution in [0.15, 0.2) is 36.9 Å². The fourth-order valence-electron chi connectivity index (χ4n) is 1.54. The van der Waals surface area contributed by atoms with E-state index in [-0.39, 0.29) is 5.91 Å². The number of carbonyl (C=O) groups excluding carboxylic acids is 1. The number of amides is 1. The van der Waals surface area contributed by atoms with Gasteiger partial charge >= 0.3 is 0 Å². The second-order valence-electron chi connectivity index (χ2n) is 3.82. The average molecular weight is 219 g/mol. The van der Waals surface area contributed by atoms with E-state index in [2.05, 4.69) is 11.9 Å². The molecule has 1 atom stereocenters. The minimum absolute atomic E-state index is 0.0850. The van der Waals surface area contributed by atoms with Crippen LogP contribution in [-0.2, 0) is 10.3 Å². The Hall–Kier alpha value is -1.77. The summed E-state index contributed by atoms with van der Waals surface area (Å²) in [4.78, 5) is 11.1. The van der Waals surface area contributed by atoms with Crippen molar-refractivity contribution in [2.24, 2.45) is 0 Å². The first-order valence-corrected chi connectivity index (χ1v) is 5.08. The number of methoxy groups -OCH3 is 1. The van der Waals surface area contributed by atoms with Crippen molar-refractivity contribution in [1.29, 1.82) is 0 Å². The molecule has 0 aliphatic heterocycles. The first-order chi connectivity index (χ1) is 7.51. The van der Waals surface area contributed by atoms with Gasteiger partial charge in [0.2, 0.25) is 5.91 Å². The SMILES string of the molecule is C=CC(C)(NC(C)=O)c1ccc(OC)cc1. The maximum absolute atomic E-state index is 11.1. The predicted molar refractivity (Wildman–Crippen MR) is 64.4 cm³/mol. The predicted octanol–water partition coefficient (Wildman–Crippen LogP) is 2.23. The average Bonchev–Trinajstić information content (AvgIpc) is 2.28. The maximum Gasteiger partial charge on any atom is 0.217 e. The fraction of sp³-hybridized carbons (Fsp3) is 0.308. The molecule has 0 fully saturated rings. The number of ether oxygens (including phenoxy) is 1. The van der Waals surface area contributed by atoms with Gasteiger partial charge in [-0.1, -0.05) is 18.2 Å². The van der Waals surface area contributed by atoms with E-state index >= 15 is 0 Å². The Morgan fingerprint density at radius 1 is 1.44 bits per heavy atom. The second-order valence-corrected chi connectivity index (χ2v) is 3.82. The molecule has 0 radical (unpaired) electrons. The van der Waals surface area contributed by atoms with Gasteiger partial charge in [0.1, 0.15) is 5.75 Å². The molecule has 0 spiro atoms. The molecule has 16 heavy (non-hydrogen) atoms. The van der Waals surface area contributed by atoms with Gasteiger partial charge in [0, 0.05) is 6.92 Å². The van der Waals surface area contributed by atoms with Crippen LogP contribution in [0.2, 0.25) is 0 Å². The van der Waals surface area contributed by atoms with Gasteiger partial charge in [-0.05, 0) is 24.6 Å². The lowest BCUT2D eigenvalue weighted by atomic mass is 9.92. The van der Waals surface area contributed by atoms with Crippen LogP contribution in [0.25, 0.3) is 0 Å². The highest BCUT2D eigenvalue weighted by molar-refractivity contribution is 5.74. The Labute approximate surface area is 96.1 Å². The molecule has 0 saturated heterocycles. The Balaban J connectivity index is 3.02. The standard InChI is InChI=1S/C13H17NO2/c1-5-13(3,14-10(2)15)11-6-8-12(16-4)9-7-11/h5-9H,1H2,2-4H3,(H,14,15). The number of nitrogens with one attached hydrogen (secondary N) is 1. The van der Waals surface area contributed by atoms with Crippen molar-refractivity contribution in [3.63, 3.8) is 0 Å². The summed E-state index contributed by atoms with van der Waals surface area (Å²) in [5.74, 6) is 0.705. The smallest absolute Gasteiger partial charge is 0.217 e. The van der Waals surface area contributed by atoms with Crippen molar-refractivity contribution in [3.05, 3.63) is 42.5 Å². The van der Waals surface area contributed by atoms with Crippen LogP contribution in [0.1, 0.15) is 19.4 Å². The minimum atomic E-state index is -0.544. The highest BCUT2D eigenvalue weighted by Crippen LogP contribution is 2.24. The van der Waals surface area contributed by atoms with Crippen LogP contribution in [0.3, 0.4) is 0 Å². The molecule has 0 aromatic heterocycles. The highest BCUT2D eigenvalue weighted by atomic mass is 16.5. The number of carbonyl (C=O) groups is 1. The summed E-state index contributed by atoms with van der Waals surface area (Å²) in [7, 11) is 1.62. The molecule has 1 amide bonds. The van der Waals surface area contributed by atoms with Gasteiger partial charge < -0.3 is 10.1 Å². The molecule has 86 valence electrons. The summed E-state index contributed by atoms with van der Waals surface area (Å²) < 4.78 is 5.08. The first-order valence-electron chi connectivity index (χ1n) is 5.08. The van der Waals surface area contributed by atoms with Crippen molar-refractivity contribution in [3.8, 4) is 5.75 Å². The molecule has 0 aliphatic carbocycles. The molecule has 1 aromatic rings. The van der Waals surface area contributed by atoms with E-state index < -0.39 is 5.54 Å². The van der Waals surface area contributed by atoms with Crippen LogP contribution in [0.4, 0.5) is 0 Å². The van der Waals surface area contributed by atoms with Crippen molar-refractivity contribution >= 4 is 5.91 Å². The van der Waals surface area contributed by atoms with E-state index in [4.69, 9.17) is 4.74 Å². The van der Waals surface area contributed by atoms with Crippen LogP contribution >= 0.6 is 0 Å². The van der Waals surface area contributed by atoms with Crippen LogP contribution in [0.5, 0.6) is 5.75 Å². The molecule has 0 aliphatic rings. The van der Waals surface area contributed by atoms with Crippen LogP contribution < -0.4 is 10.1 Å². The zero-order valence-electron chi connectivity index (χ0n) is 9.91. The second kappa shape index (κ2) is 4.84. The molecule has 0 bridgehead atoms. The number of rotatable bonds is 4. The minimum Gasteiger partial charge on any atom is -0.497 e. The third-order valence-electron chi connectivity index (χ3n) is 2.53. The quantitative estimate of drug-likeness (QED) is 0.789. The lowest BCUT2D eigenvalue weighted by molar-refractivity contribution is -0.120. The van der Waals surface area contributed by atoms with Crippen molar-refractivity contribution in [2.45, 2.75) is 19.4 Å². The Morgan fingerprint density at radius 3 is 2.38 bits per heavy atom. The topological polar surface area (TPSA) is 38.3 Å². The van der Waals surface area contributed by atoms with E-state index in [0.29, 0.717) is 0 Å². The zero-order valence-corrected chi connectivity index (χ0v) is 9.91. The molecule has 0 saturated carbocycles. The molecular formula is C13H17NO2. The summed E-state index contributed by atoms with van der Waals surface area (Å²) in [6, 6.07) is 7.55. The normalized spacial score (nSPS) is 13.7. The molecule has 1 rings (SSSR count). The van der Waals surface area contributed by atoms with E-state index in [1.807, 2.05) is 31.2 Å². The van der Waals surface area contributed by atoms with Gasteiger partial charge in [-0.3, -0.25) is 4.79 Å². The van der Waals surface area contributed by atoms with Gasteiger partial charge in [0.25, 0.3) is 0 Å². The lowest BCUT2D eigenvalue weighted by Crippen LogP contribution is -2.40. The summed E-state index contributed by atoms with van der Waals surface area (Å²) in [6.07, 6.45) is 1.72. The summed E-state index contributed by atoms with van der Waals surface area (Å²) in [6.45, 7) is 7.16. The van der Waals surface area contributed by atoms with Gasteiger partial charge in [-0.2, -0.15) is 0 Å². The van der Waals surface area contributed by atoms with Gasteiger partial charge in [0.05, 0.1) is 12.6 Å². The molecule has 3 nitrogen and oxygen atoms in total. The number of hydrogen-bond donors (Lipinski definition) is 1. The number of benzene rings is 1. The lowest BCUT2D eigenvalue weighted by Gasteiger charge is -2.27. The van der Waals surface area contributed by atoms with Gasteiger partial charge in [0.15, 0.2) is 0 Å². The largest absolute Gasteiger partial charge is 0.497 e. The Kier molecular flexibility index (Phi) is 3.72. The van der Waals surface area contributed by atoms with E-state index in [0.717, 1.165) is 11.3 Å². The summed E-state index contributed by atoms with van der Waals surface area (Å²) in [5, 5.41) is 2.86. The monoisotopic (exact) mass is 219 g/mol. The zero-order chi connectivity index (χ0) is 12.2. The van der Waals surface area contributed by atoms with E-state index in [1.54, 1.807) is 13.2 Å². The molecule has 3 heteroatoms. The Bertz CT molecular complexity index is 383. The maximum atomic E-state index is 11.1. The van der Waals surface area contributed by atoms with Crippen LogP contribution in [-0.4, -0.2) is 13.0 Å². The van der Waals surface area contributed by atoms with Crippen molar-refractivity contribution < 1.29 is 9.53 Å². The van der Waals surface area contributed by atoms with Crippen LogP contribution in [0, 0.1) is 0 Å². The molecular weight excluding hydrogens is 202 g/mol. The molecule has 1 N–H and O–H groups in total. The molecule has 1 unspecified atom stereocenters. The number of hydrogen-bond acceptors (Lipinski definition) is 2. The fourth-order valence-corrected chi connectivity index (χ4v) is 1.54. The van der Waals surface area contributed by atoms with Gasteiger partial charge in [-0.15, -0.1) is 6.58 Å². The molecule has 0 heterocycles. The van der Waals surface area contributed by atoms with E-state index in [9.17, 15) is 4.79 Å².